The fourth-order valence-electron chi connectivity index (χ4n) is 7.06. The zero-order chi connectivity index (χ0) is 50.0. The number of carbonyl (C=O) groups is 1. The Hall–Kier alpha value is -6.24. The monoisotopic (exact) mass is 957 g/mol. The number of halogens is 1. The molecule has 0 saturated carbocycles. The lowest BCUT2D eigenvalue weighted by molar-refractivity contribution is -0.291. The van der Waals surface area contributed by atoms with Crippen LogP contribution in [0.2, 0.25) is 0 Å². The standard InChI is InChI=1S/C43H45FN2O4.C12H16O4.2C2H6/c1-47-43-21-18-39(26-42(43)44)38-17-16-36(40(25-38)28-46-45-27-33-11-15-35-8-4-5-9-37(35)24-33)14-10-32-12-19-41(20-13-32)50-23-7-3-2-6-22-48-29-34-30-49-31-34;1-2-15-16-9-3-8-14-12-6-4-11(10-13)5-7-12;2*1-2/h4-5,8-9,11-13,15-21,24-28,34H,2-3,6-7,10,14,22-23,29-31H2,1H3;4-7,10H,2-3,8-9H2,1H3;2*1-2H3/b45-27+,46-28+;;;. The summed E-state index contributed by atoms with van der Waals surface area (Å²) < 4.78 is 42.0. The van der Waals surface area contributed by atoms with Crippen LogP contribution in [-0.2, 0) is 32.1 Å². The molecule has 0 radical (unpaired) electrons. The number of methoxy groups -OCH3 is 1. The summed E-state index contributed by atoms with van der Waals surface area (Å²) >= 11 is 0. The molecule has 11 heteroatoms. The van der Waals surface area contributed by atoms with E-state index in [2.05, 4.69) is 64.8 Å². The zero-order valence-electron chi connectivity index (χ0n) is 42.1. The van der Waals surface area contributed by atoms with Gasteiger partial charge in [0.25, 0.3) is 0 Å². The van der Waals surface area contributed by atoms with E-state index in [0.29, 0.717) is 31.3 Å². The number of rotatable bonds is 26. The number of unbranched alkanes of at least 4 members (excludes halogenated alkanes) is 3. The van der Waals surface area contributed by atoms with Gasteiger partial charge in [-0.25, -0.2) is 14.2 Å². The minimum Gasteiger partial charge on any atom is -0.494 e. The Morgan fingerprint density at radius 2 is 1.27 bits per heavy atom. The Morgan fingerprint density at radius 1 is 0.629 bits per heavy atom. The van der Waals surface area contributed by atoms with Crippen LogP contribution < -0.4 is 14.2 Å². The van der Waals surface area contributed by atoms with Gasteiger partial charge in [-0.05, 0) is 144 Å². The van der Waals surface area contributed by atoms with E-state index < -0.39 is 5.82 Å². The molecule has 0 N–H and O–H groups in total. The van der Waals surface area contributed by atoms with E-state index in [4.69, 9.17) is 33.5 Å². The summed E-state index contributed by atoms with van der Waals surface area (Å²) in [6.07, 6.45) is 11.2. The van der Waals surface area contributed by atoms with Crippen molar-refractivity contribution in [2.45, 2.75) is 79.6 Å². The van der Waals surface area contributed by atoms with E-state index in [1.165, 1.54) is 24.1 Å². The number of nitrogens with zero attached hydrogens (tertiary/aromatic N) is 2. The number of ether oxygens (including phenoxy) is 5. The van der Waals surface area contributed by atoms with Crippen LogP contribution >= 0.6 is 0 Å². The van der Waals surface area contributed by atoms with Crippen LogP contribution in [0.15, 0.2) is 138 Å². The summed E-state index contributed by atoms with van der Waals surface area (Å²) in [6.45, 7) is 15.6. The molecule has 1 heterocycles. The van der Waals surface area contributed by atoms with E-state index in [1.54, 1.807) is 42.8 Å². The van der Waals surface area contributed by atoms with Gasteiger partial charge in [0.2, 0.25) is 0 Å². The van der Waals surface area contributed by atoms with Gasteiger partial charge in [0.1, 0.15) is 17.8 Å². The largest absolute Gasteiger partial charge is 0.494 e. The Balaban J connectivity index is 0.000000449. The first-order valence-corrected chi connectivity index (χ1v) is 24.8. The van der Waals surface area contributed by atoms with Gasteiger partial charge in [-0.3, -0.25) is 4.79 Å². The molecule has 0 unspecified atom stereocenters. The number of carbonyl (C=O) groups excluding carboxylic acids is 1. The maximum absolute atomic E-state index is 14.6. The first-order valence-electron chi connectivity index (χ1n) is 24.8. The molecule has 1 saturated heterocycles. The maximum Gasteiger partial charge on any atom is 0.165 e. The van der Waals surface area contributed by atoms with Gasteiger partial charge in [0.15, 0.2) is 11.6 Å². The van der Waals surface area contributed by atoms with Crippen molar-refractivity contribution in [2.75, 3.05) is 60.0 Å². The predicted octanol–water partition coefficient (Wildman–Crippen LogP) is 13.8. The molecular weight excluding hydrogens is 884 g/mol. The summed E-state index contributed by atoms with van der Waals surface area (Å²) in [4.78, 5) is 20.0. The highest BCUT2D eigenvalue weighted by molar-refractivity contribution is 5.91. The Labute approximate surface area is 415 Å². The number of benzene rings is 6. The summed E-state index contributed by atoms with van der Waals surface area (Å²) in [5.41, 5.74) is 6.58. The number of hydrogen-bond donors (Lipinski definition) is 0. The van der Waals surface area contributed by atoms with E-state index in [9.17, 15) is 9.18 Å². The maximum atomic E-state index is 14.6. The smallest absolute Gasteiger partial charge is 0.165 e. The van der Waals surface area contributed by atoms with Gasteiger partial charge < -0.3 is 23.7 Å². The summed E-state index contributed by atoms with van der Waals surface area (Å²) in [5.74, 6) is 2.08. The van der Waals surface area contributed by atoms with Gasteiger partial charge >= 0.3 is 0 Å². The molecule has 0 atom stereocenters. The van der Waals surface area contributed by atoms with Crippen molar-refractivity contribution < 1.29 is 42.6 Å². The molecule has 0 amide bonds. The number of fused-ring (bicyclic) bond motifs is 1. The molecule has 0 spiro atoms. The third kappa shape index (κ3) is 20.4. The first-order chi connectivity index (χ1) is 34.5. The second kappa shape index (κ2) is 34.1. The molecule has 1 fully saturated rings. The molecule has 0 aliphatic carbocycles. The highest BCUT2D eigenvalue weighted by Gasteiger charge is 2.17. The quantitative estimate of drug-likeness (QED) is 0.0174. The summed E-state index contributed by atoms with van der Waals surface area (Å²) in [6, 6.07) is 41.0. The Bertz CT molecular complexity index is 2420. The molecule has 10 nitrogen and oxygen atoms in total. The third-order valence-corrected chi connectivity index (χ3v) is 10.9. The zero-order valence-corrected chi connectivity index (χ0v) is 42.1. The fourth-order valence-corrected chi connectivity index (χ4v) is 7.06. The number of hydrogen-bond acceptors (Lipinski definition) is 10. The molecule has 1 aliphatic rings. The van der Waals surface area contributed by atoms with Crippen molar-refractivity contribution in [1.82, 2.24) is 0 Å². The Kier molecular flexibility index (Phi) is 27.5. The average Bonchev–Trinajstić information content (AvgIpc) is 3.40. The predicted molar refractivity (Wildman–Crippen MR) is 283 cm³/mol. The molecule has 0 aromatic heterocycles. The van der Waals surface area contributed by atoms with Gasteiger partial charge in [-0.1, -0.05) is 101 Å². The van der Waals surface area contributed by atoms with Crippen molar-refractivity contribution in [3.8, 4) is 28.4 Å². The van der Waals surface area contributed by atoms with E-state index in [-0.39, 0.29) is 5.75 Å². The molecular formula is C59H73FN2O8. The van der Waals surface area contributed by atoms with Crippen LogP contribution in [0.25, 0.3) is 21.9 Å². The topological polar surface area (TPSA) is 106 Å². The fraction of sp³-hybridized carbons (Fsp3) is 0.373. The molecule has 6 aromatic carbocycles. The van der Waals surface area contributed by atoms with Crippen LogP contribution in [0.3, 0.4) is 0 Å². The molecule has 374 valence electrons. The minimum atomic E-state index is -0.395. The van der Waals surface area contributed by atoms with Crippen LogP contribution in [0.1, 0.15) is 99.3 Å². The SMILES string of the molecule is CC.CC.CCOOCCCOc1ccc(C=O)cc1.COc1ccc(-c2ccc(CCc3ccc(OCCCCCCOCC4COC4)cc3)c(/C=N/N=C/c3ccc4ccccc4c3)c2)cc1F. The summed E-state index contributed by atoms with van der Waals surface area (Å²) in [5, 5.41) is 11.1. The number of aldehydes is 1. The second-order valence-electron chi connectivity index (χ2n) is 15.9. The Morgan fingerprint density at radius 3 is 1.94 bits per heavy atom. The highest BCUT2D eigenvalue weighted by Crippen LogP contribution is 2.28. The third-order valence-electron chi connectivity index (χ3n) is 10.9. The lowest BCUT2D eigenvalue weighted by Gasteiger charge is -2.25. The first kappa shape index (κ1) is 56.3. The number of aryl methyl sites for hydroxylation is 2. The average molecular weight is 957 g/mol. The van der Waals surface area contributed by atoms with Gasteiger partial charge in [0.05, 0.1) is 65.8 Å². The van der Waals surface area contributed by atoms with Crippen LogP contribution in [0.5, 0.6) is 17.2 Å². The van der Waals surface area contributed by atoms with E-state index in [0.717, 1.165) is 129 Å². The van der Waals surface area contributed by atoms with Crippen molar-refractivity contribution in [1.29, 1.82) is 0 Å². The normalized spacial score (nSPS) is 12.0. The van der Waals surface area contributed by atoms with Crippen LogP contribution in [0.4, 0.5) is 4.39 Å². The van der Waals surface area contributed by atoms with Crippen LogP contribution in [0, 0.1) is 11.7 Å². The van der Waals surface area contributed by atoms with E-state index >= 15 is 0 Å². The van der Waals surface area contributed by atoms with Gasteiger partial charge in [-0.15, -0.1) is 0 Å². The van der Waals surface area contributed by atoms with Gasteiger partial charge in [-0.2, -0.15) is 10.2 Å². The van der Waals surface area contributed by atoms with Crippen molar-refractivity contribution >= 4 is 29.5 Å². The lowest BCUT2D eigenvalue weighted by atomic mass is 9.95. The summed E-state index contributed by atoms with van der Waals surface area (Å²) in [7, 11) is 1.47. The second-order valence-corrected chi connectivity index (χ2v) is 15.9. The molecule has 7 rings (SSSR count). The van der Waals surface area contributed by atoms with Crippen LogP contribution in [-0.4, -0.2) is 78.7 Å². The van der Waals surface area contributed by atoms with Crippen molar-refractivity contribution in [2.24, 2.45) is 16.1 Å². The highest BCUT2D eigenvalue weighted by atomic mass is 19.1. The van der Waals surface area contributed by atoms with Gasteiger partial charge in [0, 0.05) is 24.5 Å². The minimum absolute atomic E-state index is 0.221. The lowest BCUT2D eigenvalue weighted by Crippen LogP contribution is -2.31. The van der Waals surface area contributed by atoms with Crippen molar-refractivity contribution in [3.05, 3.63) is 161 Å². The van der Waals surface area contributed by atoms with E-state index in [1.807, 2.05) is 71.0 Å². The molecule has 70 heavy (non-hydrogen) atoms. The molecule has 1 aliphatic heterocycles. The van der Waals surface area contributed by atoms with Crippen molar-refractivity contribution in [3.63, 3.8) is 0 Å². The molecule has 6 aromatic rings. The molecule has 0 bridgehead atoms.